The molecule has 0 radical (unpaired) electrons. The average molecular weight is 251 g/mol. The molecule has 0 saturated carbocycles. The Morgan fingerprint density at radius 1 is 1.53 bits per heavy atom. The number of hydrogen-bond acceptors (Lipinski definition) is 5. The number of rotatable bonds is 3. The fraction of sp³-hybridized carbons (Fsp3) is 0.364. The van der Waals surface area contributed by atoms with Crippen molar-refractivity contribution in [2.24, 2.45) is 0 Å². The number of esters is 1. The summed E-state index contributed by atoms with van der Waals surface area (Å²) >= 11 is 1.59. The molecule has 0 saturated heterocycles. The fourth-order valence-electron chi connectivity index (χ4n) is 1.58. The summed E-state index contributed by atoms with van der Waals surface area (Å²) in [4.78, 5) is 20.0. The van der Waals surface area contributed by atoms with Crippen molar-refractivity contribution >= 4 is 17.3 Å². The molecule has 6 heteroatoms. The second-order valence-corrected chi connectivity index (χ2v) is 4.69. The molecule has 2 aromatic rings. The molecule has 2 heterocycles. The zero-order chi connectivity index (χ0) is 12.4. The van der Waals surface area contributed by atoms with E-state index < -0.39 is 0 Å². The number of nitrogens with zero attached hydrogens (tertiary/aromatic N) is 3. The molecule has 0 amide bonds. The van der Waals surface area contributed by atoms with Gasteiger partial charge in [-0.2, -0.15) is 0 Å². The first kappa shape index (κ1) is 11.8. The van der Waals surface area contributed by atoms with E-state index in [1.54, 1.807) is 15.9 Å². The van der Waals surface area contributed by atoms with Crippen molar-refractivity contribution in [3.63, 3.8) is 0 Å². The highest BCUT2D eigenvalue weighted by Crippen LogP contribution is 2.13. The molecule has 0 unspecified atom stereocenters. The smallest absolute Gasteiger partial charge is 0.356 e. The molecule has 0 spiro atoms. The van der Waals surface area contributed by atoms with Gasteiger partial charge in [0.15, 0.2) is 0 Å². The van der Waals surface area contributed by atoms with E-state index in [2.05, 4.69) is 9.97 Å². The van der Waals surface area contributed by atoms with Gasteiger partial charge in [0.1, 0.15) is 11.5 Å². The van der Waals surface area contributed by atoms with Crippen molar-refractivity contribution in [3.05, 3.63) is 33.8 Å². The number of methoxy groups -OCH3 is 1. The fourth-order valence-corrected chi connectivity index (χ4v) is 2.18. The summed E-state index contributed by atoms with van der Waals surface area (Å²) in [6.07, 6.45) is 1.53. The van der Waals surface area contributed by atoms with Gasteiger partial charge in [0.05, 0.1) is 30.6 Å². The lowest BCUT2D eigenvalue weighted by Gasteiger charge is -2.06. The molecular formula is C11H13N3O2S. The van der Waals surface area contributed by atoms with Crippen molar-refractivity contribution in [2.45, 2.75) is 20.4 Å². The van der Waals surface area contributed by atoms with Gasteiger partial charge < -0.3 is 9.30 Å². The first-order chi connectivity index (χ1) is 8.11. The van der Waals surface area contributed by atoms with E-state index in [9.17, 15) is 4.79 Å². The lowest BCUT2D eigenvalue weighted by atomic mass is 10.4. The minimum atomic E-state index is -0.377. The molecule has 5 nitrogen and oxygen atoms in total. The van der Waals surface area contributed by atoms with Crippen molar-refractivity contribution in [2.75, 3.05) is 7.11 Å². The zero-order valence-corrected chi connectivity index (χ0v) is 10.7. The lowest BCUT2D eigenvalue weighted by molar-refractivity contribution is 0.0588. The number of carbonyl (C=O) groups excluding carboxylic acids is 1. The molecule has 90 valence electrons. The molecule has 17 heavy (non-hydrogen) atoms. The van der Waals surface area contributed by atoms with Crippen LogP contribution in [0.25, 0.3) is 0 Å². The van der Waals surface area contributed by atoms with Crippen LogP contribution in [0.5, 0.6) is 0 Å². The van der Waals surface area contributed by atoms with Crippen LogP contribution in [0.1, 0.15) is 27.0 Å². The second kappa shape index (κ2) is 4.67. The third-order valence-electron chi connectivity index (χ3n) is 2.44. The minimum Gasteiger partial charge on any atom is -0.464 e. The average Bonchev–Trinajstić information content (AvgIpc) is 2.87. The molecule has 0 N–H and O–H groups in total. The van der Waals surface area contributed by atoms with E-state index in [1.807, 2.05) is 19.2 Å². The van der Waals surface area contributed by atoms with Crippen molar-refractivity contribution in [1.29, 1.82) is 0 Å². The number of thiazole rings is 1. The number of ether oxygens (including phenoxy) is 1. The summed E-state index contributed by atoms with van der Waals surface area (Å²) in [5.74, 6) is 0.397. The minimum absolute atomic E-state index is 0.377. The second-order valence-electron chi connectivity index (χ2n) is 3.63. The van der Waals surface area contributed by atoms with Gasteiger partial charge in [-0.3, -0.25) is 0 Å². The molecule has 0 aliphatic carbocycles. The standard InChI is InChI=1S/C11H13N3O2S/c1-7-12-4-10(11(15)16-3)14(7)5-9-6-17-8(2)13-9/h4,6H,5H2,1-3H3. The third-order valence-corrected chi connectivity index (χ3v) is 3.26. The lowest BCUT2D eigenvalue weighted by Crippen LogP contribution is -2.12. The summed E-state index contributed by atoms with van der Waals surface area (Å²) < 4.78 is 6.52. The summed E-state index contributed by atoms with van der Waals surface area (Å²) in [5.41, 5.74) is 1.38. The Bertz CT molecular complexity index is 545. The van der Waals surface area contributed by atoms with Crippen LogP contribution in [0, 0.1) is 13.8 Å². The van der Waals surface area contributed by atoms with Crippen LogP contribution in [0.2, 0.25) is 0 Å². The molecular weight excluding hydrogens is 238 g/mol. The number of carbonyl (C=O) groups is 1. The van der Waals surface area contributed by atoms with E-state index in [-0.39, 0.29) is 5.97 Å². The maximum absolute atomic E-state index is 11.5. The molecule has 0 aliphatic heterocycles. The summed E-state index contributed by atoms with van der Waals surface area (Å²) in [7, 11) is 1.36. The molecule has 0 aliphatic rings. The van der Waals surface area contributed by atoms with Gasteiger partial charge in [-0.1, -0.05) is 0 Å². The summed E-state index contributed by atoms with van der Waals surface area (Å²) in [6, 6.07) is 0. The Hall–Kier alpha value is -1.69. The van der Waals surface area contributed by atoms with E-state index in [1.165, 1.54) is 13.3 Å². The maximum Gasteiger partial charge on any atom is 0.356 e. The molecule has 0 atom stereocenters. The van der Waals surface area contributed by atoms with Gasteiger partial charge in [0.2, 0.25) is 0 Å². The third kappa shape index (κ3) is 2.36. The molecule has 0 bridgehead atoms. The van der Waals surface area contributed by atoms with Crippen LogP contribution in [0.15, 0.2) is 11.6 Å². The van der Waals surface area contributed by atoms with Gasteiger partial charge in [0.25, 0.3) is 0 Å². The van der Waals surface area contributed by atoms with Crippen LogP contribution in [0.4, 0.5) is 0 Å². The normalized spacial score (nSPS) is 10.5. The predicted molar refractivity (Wildman–Crippen MR) is 64.3 cm³/mol. The van der Waals surface area contributed by atoms with Crippen LogP contribution < -0.4 is 0 Å². The van der Waals surface area contributed by atoms with Crippen molar-refractivity contribution < 1.29 is 9.53 Å². The monoisotopic (exact) mass is 251 g/mol. The first-order valence-corrected chi connectivity index (χ1v) is 6.01. The number of imidazole rings is 1. The van der Waals surface area contributed by atoms with Gasteiger partial charge in [-0.05, 0) is 13.8 Å². The summed E-state index contributed by atoms with van der Waals surface area (Å²) in [5, 5.41) is 2.99. The quantitative estimate of drug-likeness (QED) is 0.780. The van der Waals surface area contributed by atoms with Gasteiger partial charge in [0, 0.05) is 5.38 Å². The Balaban J connectivity index is 2.31. The largest absolute Gasteiger partial charge is 0.464 e. The SMILES string of the molecule is COC(=O)c1cnc(C)n1Cc1csc(C)n1. The van der Waals surface area contributed by atoms with Gasteiger partial charge in [-0.15, -0.1) is 11.3 Å². The zero-order valence-electron chi connectivity index (χ0n) is 9.93. The van der Waals surface area contributed by atoms with Crippen molar-refractivity contribution in [1.82, 2.24) is 14.5 Å². The van der Waals surface area contributed by atoms with E-state index in [4.69, 9.17) is 4.74 Å². The van der Waals surface area contributed by atoms with Gasteiger partial charge >= 0.3 is 5.97 Å². The van der Waals surface area contributed by atoms with Crippen LogP contribution in [-0.4, -0.2) is 27.6 Å². The van der Waals surface area contributed by atoms with Crippen molar-refractivity contribution in [3.8, 4) is 0 Å². The van der Waals surface area contributed by atoms with E-state index in [0.717, 1.165) is 16.5 Å². The molecule has 0 aromatic carbocycles. The van der Waals surface area contributed by atoms with Crippen LogP contribution in [-0.2, 0) is 11.3 Å². The highest BCUT2D eigenvalue weighted by atomic mass is 32.1. The Morgan fingerprint density at radius 2 is 2.29 bits per heavy atom. The molecule has 2 rings (SSSR count). The predicted octanol–water partition coefficient (Wildman–Crippen LogP) is 1.79. The molecule has 2 aromatic heterocycles. The number of aromatic nitrogens is 3. The van der Waals surface area contributed by atoms with E-state index in [0.29, 0.717) is 12.2 Å². The van der Waals surface area contributed by atoms with Crippen LogP contribution in [0.3, 0.4) is 0 Å². The Labute approximate surface area is 103 Å². The maximum atomic E-state index is 11.5. The van der Waals surface area contributed by atoms with Crippen LogP contribution >= 0.6 is 11.3 Å². The Morgan fingerprint density at radius 3 is 2.88 bits per heavy atom. The highest BCUT2D eigenvalue weighted by Gasteiger charge is 2.15. The number of hydrogen-bond donors (Lipinski definition) is 0. The van der Waals surface area contributed by atoms with Gasteiger partial charge in [-0.25, -0.2) is 14.8 Å². The summed E-state index contributed by atoms with van der Waals surface area (Å²) in [6.45, 7) is 4.35. The number of aryl methyl sites for hydroxylation is 2. The highest BCUT2D eigenvalue weighted by molar-refractivity contribution is 7.09. The Kier molecular flexibility index (Phi) is 3.23. The van der Waals surface area contributed by atoms with E-state index >= 15 is 0 Å². The topological polar surface area (TPSA) is 57.0 Å². The molecule has 0 fully saturated rings. The first-order valence-electron chi connectivity index (χ1n) is 5.13.